The van der Waals surface area contributed by atoms with Crippen molar-refractivity contribution in [2.45, 2.75) is 37.5 Å². The highest BCUT2D eigenvalue weighted by Gasteiger charge is 2.42. The highest BCUT2D eigenvalue weighted by molar-refractivity contribution is 5.89. The van der Waals surface area contributed by atoms with Gasteiger partial charge in [-0.25, -0.2) is 14.6 Å². The van der Waals surface area contributed by atoms with Crippen LogP contribution in [-0.2, 0) is 15.7 Å². The number of nitrogens with zero attached hydrogens (tertiary/aromatic N) is 2. The number of halogens is 6. The fourth-order valence-electron chi connectivity index (χ4n) is 3.22. The van der Waals surface area contributed by atoms with Gasteiger partial charge in [-0.15, -0.1) is 0 Å². The number of carbonyl (C=O) groups excluding carboxylic acids is 2. The van der Waals surface area contributed by atoms with Crippen LogP contribution in [0.15, 0.2) is 42.5 Å². The first-order valence-corrected chi connectivity index (χ1v) is 10.2. The number of hydrogen-bond donors (Lipinski definition) is 2. The van der Waals surface area contributed by atoms with E-state index in [-0.39, 0.29) is 32.0 Å². The van der Waals surface area contributed by atoms with Crippen LogP contribution >= 0.6 is 0 Å². The highest BCUT2D eigenvalue weighted by Crippen LogP contribution is 2.33. The van der Waals surface area contributed by atoms with E-state index in [1.807, 2.05) is 0 Å². The Labute approximate surface area is 195 Å². The van der Waals surface area contributed by atoms with E-state index < -0.39 is 47.8 Å². The second kappa shape index (κ2) is 10.4. The molecule has 3 rings (SSSR count). The first-order chi connectivity index (χ1) is 16.3. The number of benzene rings is 1. The van der Waals surface area contributed by atoms with Crippen molar-refractivity contribution in [3.63, 3.8) is 0 Å². The first-order valence-electron chi connectivity index (χ1n) is 10.2. The van der Waals surface area contributed by atoms with Gasteiger partial charge in [0.1, 0.15) is 11.8 Å². The van der Waals surface area contributed by atoms with Crippen LogP contribution in [0.25, 0.3) is 0 Å². The largest absolute Gasteiger partial charge is 0.490 e. The molecule has 1 aromatic heterocycles. The van der Waals surface area contributed by atoms with Gasteiger partial charge in [-0.3, -0.25) is 5.73 Å². The number of esters is 1. The summed E-state index contributed by atoms with van der Waals surface area (Å²) in [5.41, 5.74) is 3.91. The second-order valence-electron chi connectivity index (χ2n) is 7.55. The Hall–Kier alpha value is -3.55. The van der Waals surface area contributed by atoms with E-state index in [0.717, 1.165) is 6.07 Å². The molecule has 0 spiro atoms. The molecule has 190 valence electrons. The van der Waals surface area contributed by atoms with E-state index in [1.54, 1.807) is 30.3 Å². The van der Waals surface area contributed by atoms with Gasteiger partial charge in [0.2, 0.25) is 5.88 Å². The molecule has 0 aliphatic carbocycles. The topological polar surface area (TPSA) is 107 Å². The number of anilines is 1. The van der Waals surface area contributed by atoms with Gasteiger partial charge < -0.3 is 19.7 Å². The molecule has 0 bridgehead atoms. The number of carbonyl (C=O) groups is 2. The molecular formula is C21H20F6N4O4. The van der Waals surface area contributed by atoms with Crippen molar-refractivity contribution in [1.29, 1.82) is 0 Å². The zero-order valence-corrected chi connectivity index (χ0v) is 17.9. The van der Waals surface area contributed by atoms with Crippen LogP contribution in [0.5, 0.6) is 5.88 Å². The van der Waals surface area contributed by atoms with E-state index in [9.17, 15) is 35.9 Å². The zero-order chi connectivity index (χ0) is 25.8. The molecule has 2 amide bonds. The summed E-state index contributed by atoms with van der Waals surface area (Å²) < 4.78 is 86.6. The number of nitrogens with two attached hydrogens (primary N) is 1. The Kier molecular flexibility index (Phi) is 7.73. The van der Waals surface area contributed by atoms with Gasteiger partial charge >= 0.3 is 24.4 Å². The molecule has 0 saturated carbocycles. The summed E-state index contributed by atoms with van der Waals surface area (Å²) in [4.78, 5) is 28.2. The molecule has 2 heterocycles. The number of aromatic nitrogens is 1. The van der Waals surface area contributed by atoms with E-state index in [2.05, 4.69) is 15.0 Å². The van der Waals surface area contributed by atoms with E-state index in [4.69, 9.17) is 10.5 Å². The molecular weight excluding hydrogens is 486 g/mol. The third kappa shape index (κ3) is 7.21. The average molecular weight is 506 g/mol. The van der Waals surface area contributed by atoms with Crippen LogP contribution in [-0.4, -0.2) is 47.3 Å². The molecule has 1 aliphatic rings. The molecule has 8 nitrogen and oxygen atoms in total. The Balaban J connectivity index is 1.66. The van der Waals surface area contributed by atoms with E-state index >= 15 is 0 Å². The monoisotopic (exact) mass is 506 g/mol. The fraction of sp³-hybridized carbons (Fsp3) is 0.381. The second-order valence-corrected chi connectivity index (χ2v) is 7.55. The maximum Gasteiger partial charge on any atom is 0.490 e. The van der Waals surface area contributed by atoms with Gasteiger partial charge in [0, 0.05) is 43.2 Å². The number of piperidine rings is 1. The molecule has 1 fully saturated rings. The van der Waals surface area contributed by atoms with Crippen molar-refractivity contribution in [2.24, 2.45) is 5.73 Å². The average Bonchev–Trinajstić information content (AvgIpc) is 2.78. The van der Waals surface area contributed by atoms with Gasteiger partial charge in [-0.2, -0.15) is 26.3 Å². The minimum atomic E-state index is -5.38. The third-order valence-corrected chi connectivity index (χ3v) is 4.95. The maximum atomic E-state index is 13.3. The number of nitrogens with one attached hydrogen (secondary N) is 1. The summed E-state index contributed by atoms with van der Waals surface area (Å²) in [7, 11) is 0. The van der Waals surface area contributed by atoms with Crippen LogP contribution in [0.2, 0.25) is 0 Å². The SMILES string of the molecule is NC(OC(=O)C(F)(F)F)c1cc(OC2CCN(C(=O)Nc3ccccc3)CC2)nc(C(F)(F)F)c1. The number of alkyl halides is 6. The first kappa shape index (κ1) is 26.1. The molecule has 1 aliphatic heterocycles. The predicted octanol–water partition coefficient (Wildman–Crippen LogP) is 4.24. The van der Waals surface area contributed by atoms with E-state index in [0.29, 0.717) is 11.8 Å². The van der Waals surface area contributed by atoms with Gasteiger partial charge in [-0.1, -0.05) is 18.2 Å². The standard InChI is InChI=1S/C21H20F6N4O4/c22-20(23,24)15-10-12(17(28)35-18(32)21(25,26)27)11-16(30-15)34-14-6-8-31(9-7-14)19(33)29-13-4-2-1-3-5-13/h1-5,10-11,14,17H,6-9,28H2,(H,29,33). The molecule has 0 radical (unpaired) electrons. The van der Waals surface area contributed by atoms with Crippen molar-refractivity contribution >= 4 is 17.7 Å². The number of urea groups is 1. The lowest BCUT2D eigenvalue weighted by atomic mass is 10.1. The van der Waals surface area contributed by atoms with Crippen LogP contribution in [0.4, 0.5) is 36.8 Å². The van der Waals surface area contributed by atoms with Crippen molar-refractivity contribution in [2.75, 3.05) is 18.4 Å². The van der Waals surface area contributed by atoms with Crippen molar-refractivity contribution in [1.82, 2.24) is 9.88 Å². The van der Waals surface area contributed by atoms with Crippen LogP contribution in [0.3, 0.4) is 0 Å². The van der Waals surface area contributed by atoms with Gasteiger partial charge in [0.25, 0.3) is 0 Å². The summed E-state index contributed by atoms with van der Waals surface area (Å²) in [5, 5.41) is 2.72. The molecule has 2 aromatic rings. The van der Waals surface area contributed by atoms with Crippen molar-refractivity contribution < 1.29 is 45.4 Å². The molecule has 1 aromatic carbocycles. The number of amides is 2. The molecule has 3 N–H and O–H groups in total. The molecule has 35 heavy (non-hydrogen) atoms. The highest BCUT2D eigenvalue weighted by atomic mass is 19.4. The third-order valence-electron chi connectivity index (χ3n) is 4.95. The maximum absolute atomic E-state index is 13.3. The van der Waals surface area contributed by atoms with Gasteiger partial charge in [0.15, 0.2) is 6.23 Å². The lowest BCUT2D eigenvalue weighted by Gasteiger charge is -2.32. The Morgan fingerprint density at radius 1 is 1.06 bits per heavy atom. The minimum absolute atomic E-state index is 0.234. The lowest BCUT2D eigenvalue weighted by Crippen LogP contribution is -2.43. The number of pyridine rings is 1. The number of rotatable bonds is 5. The smallest absolute Gasteiger partial charge is 0.474 e. The number of likely N-dealkylation sites (tertiary alicyclic amines) is 1. The molecule has 14 heteroatoms. The summed E-state index contributed by atoms with van der Waals surface area (Å²) in [6, 6.07) is 9.60. The van der Waals surface area contributed by atoms with Crippen LogP contribution in [0.1, 0.15) is 30.3 Å². The normalized spacial score (nSPS) is 15.9. The fourth-order valence-corrected chi connectivity index (χ4v) is 3.22. The Morgan fingerprint density at radius 3 is 2.26 bits per heavy atom. The van der Waals surface area contributed by atoms with E-state index in [1.165, 1.54) is 4.90 Å². The van der Waals surface area contributed by atoms with Gasteiger partial charge in [0.05, 0.1) is 0 Å². The number of hydrogen-bond acceptors (Lipinski definition) is 6. The number of ether oxygens (including phenoxy) is 2. The quantitative estimate of drug-likeness (QED) is 0.357. The summed E-state index contributed by atoms with van der Waals surface area (Å²) in [6.45, 7) is 0.468. The van der Waals surface area contributed by atoms with Crippen LogP contribution < -0.4 is 15.8 Å². The minimum Gasteiger partial charge on any atom is -0.474 e. The number of para-hydroxylation sites is 1. The summed E-state index contributed by atoms with van der Waals surface area (Å²) in [6.07, 6.45) is -12.6. The van der Waals surface area contributed by atoms with Crippen LogP contribution in [0, 0.1) is 0 Å². The Morgan fingerprint density at radius 2 is 1.69 bits per heavy atom. The van der Waals surface area contributed by atoms with Crippen molar-refractivity contribution in [3.8, 4) is 5.88 Å². The summed E-state index contributed by atoms with van der Waals surface area (Å²) in [5.74, 6) is -3.21. The Bertz CT molecular complexity index is 1040. The van der Waals surface area contributed by atoms with Crippen molar-refractivity contribution in [3.05, 3.63) is 53.7 Å². The predicted molar refractivity (Wildman–Crippen MR) is 109 cm³/mol. The molecule has 1 saturated heterocycles. The lowest BCUT2D eigenvalue weighted by molar-refractivity contribution is -0.205. The molecule has 1 unspecified atom stereocenters. The molecule has 1 atom stereocenters. The zero-order valence-electron chi connectivity index (χ0n) is 17.9. The summed E-state index contributed by atoms with van der Waals surface area (Å²) >= 11 is 0. The van der Waals surface area contributed by atoms with Gasteiger partial charge in [-0.05, 0) is 18.2 Å².